The van der Waals surface area contributed by atoms with Crippen molar-refractivity contribution in [1.29, 1.82) is 0 Å². The van der Waals surface area contributed by atoms with Gasteiger partial charge < -0.3 is 0 Å². The van der Waals surface area contributed by atoms with E-state index in [2.05, 4.69) is 0 Å². The first-order valence-corrected chi connectivity index (χ1v) is 3.67. The molecule has 4 bridgehead atoms. The minimum absolute atomic E-state index is 1.08. The topological polar surface area (TPSA) is 0 Å². The Morgan fingerprint density at radius 2 is 2.25 bits per heavy atom. The summed E-state index contributed by atoms with van der Waals surface area (Å²) in [5.74, 6) is 2.21. The molecule has 0 aromatic carbocycles. The van der Waals surface area contributed by atoms with Crippen LogP contribution in [0.4, 0.5) is 0 Å². The van der Waals surface area contributed by atoms with E-state index in [1.54, 1.807) is 6.42 Å². The lowest BCUT2D eigenvalue weighted by Gasteiger charge is -2.15. The molecule has 4 aliphatic rings. The van der Waals surface area contributed by atoms with Crippen molar-refractivity contribution in [1.82, 2.24) is 0 Å². The van der Waals surface area contributed by atoms with Gasteiger partial charge in [0.15, 0.2) is 0 Å². The van der Waals surface area contributed by atoms with Crippen LogP contribution in [-0.4, -0.2) is 0 Å². The fourth-order valence-corrected chi connectivity index (χ4v) is 2.58. The van der Waals surface area contributed by atoms with Crippen LogP contribution in [0.3, 0.4) is 0 Å². The van der Waals surface area contributed by atoms with Crippen LogP contribution in [0.1, 0.15) is 25.7 Å². The monoisotopic (exact) mass is 106 g/mol. The second-order valence-electron chi connectivity index (χ2n) is 3.45. The molecule has 0 saturated heterocycles. The maximum Gasteiger partial charge on any atom is 0.00156 e. The zero-order chi connectivity index (χ0) is 5.14. The van der Waals surface area contributed by atoms with Crippen LogP contribution < -0.4 is 0 Å². The lowest BCUT2D eigenvalue weighted by Crippen LogP contribution is -2.02. The Morgan fingerprint density at radius 1 is 1.25 bits per heavy atom. The maximum atomic E-state index is 1.88. The molecule has 42 valence electrons. The molecule has 2 fully saturated rings. The standard InChI is InChI=1S/C8H10/c1-2-6-7-3-5(1)4-8(6)7/h5,7H,1-4H2. The minimum Gasteiger partial charge on any atom is -0.0632 e. The summed E-state index contributed by atoms with van der Waals surface area (Å²) in [5, 5.41) is 0. The lowest BCUT2D eigenvalue weighted by atomic mass is 9.90. The van der Waals surface area contributed by atoms with E-state index in [1.165, 1.54) is 19.3 Å². The summed E-state index contributed by atoms with van der Waals surface area (Å²) in [6, 6.07) is 0. The molecule has 2 unspecified atom stereocenters. The summed E-state index contributed by atoms with van der Waals surface area (Å²) in [5.41, 5.74) is 3.74. The van der Waals surface area contributed by atoms with Gasteiger partial charge in [0, 0.05) is 5.92 Å². The molecule has 0 aliphatic heterocycles. The van der Waals surface area contributed by atoms with Crippen LogP contribution in [0, 0.1) is 11.8 Å². The molecule has 0 heterocycles. The number of fused-ring (bicyclic) bond motifs is 1. The van der Waals surface area contributed by atoms with Crippen molar-refractivity contribution in [2.24, 2.45) is 11.8 Å². The van der Waals surface area contributed by atoms with Gasteiger partial charge in [-0.3, -0.25) is 0 Å². The van der Waals surface area contributed by atoms with Crippen LogP contribution in [0.15, 0.2) is 11.1 Å². The maximum absolute atomic E-state index is 1.88. The van der Waals surface area contributed by atoms with Gasteiger partial charge in [-0.25, -0.2) is 0 Å². The van der Waals surface area contributed by atoms with E-state index in [-0.39, 0.29) is 0 Å². The Labute approximate surface area is 49.6 Å². The van der Waals surface area contributed by atoms with E-state index in [1.807, 2.05) is 11.1 Å². The summed E-state index contributed by atoms with van der Waals surface area (Å²) in [7, 11) is 0. The van der Waals surface area contributed by atoms with Gasteiger partial charge in [-0.05, 0) is 31.6 Å². The second-order valence-corrected chi connectivity index (χ2v) is 3.45. The summed E-state index contributed by atoms with van der Waals surface area (Å²) < 4.78 is 0. The van der Waals surface area contributed by atoms with Crippen molar-refractivity contribution in [3.63, 3.8) is 0 Å². The molecule has 2 saturated carbocycles. The predicted molar refractivity (Wildman–Crippen MR) is 32.5 cm³/mol. The van der Waals surface area contributed by atoms with E-state index in [0.717, 1.165) is 11.8 Å². The van der Waals surface area contributed by atoms with Crippen molar-refractivity contribution in [2.75, 3.05) is 0 Å². The third-order valence-electron chi connectivity index (χ3n) is 3.07. The smallest absolute Gasteiger partial charge is 0.00156 e. The van der Waals surface area contributed by atoms with Gasteiger partial charge in [0.2, 0.25) is 0 Å². The first kappa shape index (κ1) is 3.71. The average Bonchev–Trinajstić information content (AvgIpc) is 2.38. The third kappa shape index (κ3) is 0.249. The SMILES string of the molecule is C1CC2CC3=C1C3C2. The van der Waals surface area contributed by atoms with Crippen molar-refractivity contribution in [3.8, 4) is 0 Å². The number of hydrogen-bond donors (Lipinski definition) is 0. The van der Waals surface area contributed by atoms with E-state index in [0.29, 0.717) is 0 Å². The summed E-state index contributed by atoms with van der Waals surface area (Å²) in [6.07, 6.45) is 6.05. The van der Waals surface area contributed by atoms with Crippen molar-refractivity contribution in [2.45, 2.75) is 25.7 Å². The molecule has 0 radical (unpaired) electrons. The van der Waals surface area contributed by atoms with Gasteiger partial charge >= 0.3 is 0 Å². The molecule has 2 atom stereocenters. The van der Waals surface area contributed by atoms with E-state index >= 15 is 0 Å². The van der Waals surface area contributed by atoms with Crippen LogP contribution >= 0.6 is 0 Å². The van der Waals surface area contributed by atoms with Crippen LogP contribution in [0.25, 0.3) is 0 Å². The molecular formula is C8H10. The highest BCUT2D eigenvalue weighted by Crippen LogP contribution is 2.61. The minimum atomic E-state index is 1.08. The normalized spacial score (nSPS) is 48.0. The first-order chi connectivity index (χ1) is 3.95. The van der Waals surface area contributed by atoms with Gasteiger partial charge in [0.05, 0.1) is 0 Å². The molecule has 0 aromatic heterocycles. The quantitative estimate of drug-likeness (QED) is 0.415. The van der Waals surface area contributed by atoms with E-state index < -0.39 is 0 Å². The van der Waals surface area contributed by atoms with Crippen LogP contribution in [0.5, 0.6) is 0 Å². The highest BCUT2D eigenvalue weighted by atomic mass is 14.5. The third-order valence-corrected chi connectivity index (χ3v) is 3.07. The van der Waals surface area contributed by atoms with Gasteiger partial charge in [0.25, 0.3) is 0 Å². The van der Waals surface area contributed by atoms with Gasteiger partial charge in [-0.15, -0.1) is 0 Å². The van der Waals surface area contributed by atoms with E-state index in [9.17, 15) is 0 Å². The molecule has 0 heteroatoms. The van der Waals surface area contributed by atoms with Gasteiger partial charge in [0.1, 0.15) is 0 Å². The fourth-order valence-electron chi connectivity index (χ4n) is 2.58. The molecule has 0 N–H and O–H groups in total. The summed E-state index contributed by atoms with van der Waals surface area (Å²) >= 11 is 0. The zero-order valence-electron chi connectivity index (χ0n) is 4.98. The molecule has 4 aliphatic carbocycles. The number of allylic oxidation sites excluding steroid dienone is 2. The van der Waals surface area contributed by atoms with Crippen molar-refractivity contribution in [3.05, 3.63) is 11.1 Å². The molecule has 0 amide bonds. The Morgan fingerprint density at radius 3 is 2.50 bits per heavy atom. The van der Waals surface area contributed by atoms with Crippen molar-refractivity contribution >= 4 is 0 Å². The summed E-state index contributed by atoms with van der Waals surface area (Å²) in [4.78, 5) is 0. The second kappa shape index (κ2) is 0.896. The molecule has 4 rings (SSSR count). The number of rotatable bonds is 0. The van der Waals surface area contributed by atoms with Crippen LogP contribution in [-0.2, 0) is 0 Å². The molecule has 0 spiro atoms. The Bertz CT molecular complexity index is 170. The first-order valence-electron chi connectivity index (χ1n) is 3.67. The Balaban J connectivity index is 2.13. The fraction of sp³-hybridized carbons (Fsp3) is 0.750. The highest BCUT2D eigenvalue weighted by molar-refractivity contribution is 5.46. The average molecular weight is 106 g/mol. The zero-order valence-corrected chi connectivity index (χ0v) is 4.98. The molecular weight excluding hydrogens is 96.1 g/mol. The lowest BCUT2D eigenvalue weighted by molar-refractivity contribution is 0.439. The summed E-state index contributed by atoms with van der Waals surface area (Å²) in [6.45, 7) is 0. The van der Waals surface area contributed by atoms with E-state index in [4.69, 9.17) is 0 Å². The molecule has 0 nitrogen and oxygen atoms in total. The highest BCUT2D eigenvalue weighted by Gasteiger charge is 2.47. The Kier molecular flexibility index (Phi) is 0.415. The van der Waals surface area contributed by atoms with Crippen LogP contribution in [0.2, 0.25) is 0 Å². The molecule has 8 heavy (non-hydrogen) atoms. The van der Waals surface area contributed by atoms with Gasteiger partial charge in [-0.1, -0.05) is 11.1 Å². The predicted octanol–water partition coefficient (Wildman–Crippen LogP) is 2.12. The largest absolute Gasteiger partial charge is 0.0632 e. The number of hydrogen-bond acceptors (Lipinski definition) is 0. The van der Waals surface area contributed by atoms with Crippen molar-refractivity contribution < 1.29 is 0 Å². The molecule has 0 aromatic rings. The van der Waals surface area contributed by atoms with Gasteiger partial charge in [-0.2, -0.15) is 0 Å². The Hall–Kier alpha value is -0.260.